The first-order valence-electron chi connectivity index (χ1n) is 20.2. The van der Waals surface area contributed by atoms with Gasteiger partial charge in [-0.1, -0.05) is 84.6 Å². The van der Waals surface area contributed by atoms with Crippen molar-refractivity contribution in [1.82, 2.24) is 9.80 Å². The van der Waals surface area contributed by atoms with Gasteiger partial charge >= 0.3 is 12.1 Å². The van der Waals surface area contributed by atoms with Crippen LogP contribution in [-0.2, 0) is 19.0 Å². The molecule has 5 rings (SSSR count). The molecule has 4 heterocycles. The summed E-state index contributed by atoms with van der Waals surface area (Å²) in [4.78, 5) is 30.9. The van der Waals surface area contributed by atoms with Gasteiger partial charge in [-0.15, -0.1) is 0 Å². The van der Waals surface area contributed by atoms with E-state index in [9.17, 15) is 19.8 Å². The maximum absolute atomic E-state index is 13.5. The van der Waals surface area contributed by atoms with Crippen LogP contribution in [0.3, 0.4) is 0 Å². The van der Waals surface area contributed by atoms with Gasteiger partial charge in [0.05, 0.1) is 18.3 Å². The molecule has 1 spiro atoms. The molecule has 0 unspecified atom stereocenters. The first kappa shape index (κ1) is 40.0. The molecule has 4 fully saturated rings. The van der Waals surface area contributed by atoms with Crippen LogP contribution in [0.25, 0.3) is 0 Å². The van der Waals surface area contributed by atoms with Crippen LogP contribution >= 0.6 is 0 Å². The molecule has 5 aliphatic rings. The minimum atomic E-state index is -1.28. The maximum Gasteiger partial charge on any atom is 0.410 e. The lowest BCUT2D eigenvalue weighted by Gasteiger charge is -2.61. The molecule has 3 saturated heterocycles. The minimum absolute atomic E-state index is 0.00427. The van der Waals surface area contributed by atoms with Crippen molar-refractivity contribution >= 4 is 12.1 Å². The van der Waals surface area contributed by atoms with Crippen molar-refractivity contribution in [3.8, 4) is 0 Å². The van der Waals surface area contributed by atoms with Crippen LogP contribution < -0.4 is 0 Å². The topological polar surface area (TPSA) is 112 Å². The van der Waals surface area contributed by atoms with Crippen LogP contribution in [0.4, 0.5) is 4.79 Å². The predicted octanol–water partition coefficient (Wildman–Crippen LogP) is 7.21. The third-order valence-corrected chi connectivity index (χ3v) is 12.6. The number of epoxide rings is 1. The molecule has 9 heteroatoms. The van der Waals surface area contributed by atoms with Gasteiger partial charge in [-0.25, -0.2) is 4.79 Å². The highest BCUT2D eigenvalue weighted by atomic mass is 16.6. The molecule has 4 aliphatic heterocycles. The monoisotopic (exact) mass is 713 g/mol. The van der Waals surface area contributed by atoms with E-state index in [0.29, 0.717) is 32.0 Å². The summed E-state index contributed by atoms with van der Waals surface area (Å²) < 4.78 is 18.1. The zero-order valence-corrected chi connectivity index (χ0v) is 32.6. The van der Waals surface area contributed by atoms with E-state index in [1.54, 1.807) is 17.9 Å². The Hall–Kier alpha value is -2.20. The molecule has 2 N–H and O–H groups in total. The average molecular weight is 713 g/mol. The Morgan fingerprint density at radius 2 is 1.76 bits per heavy atom. The van der Waals surface area contributed by atoms with Crippen molar-refractivity contribution in [1.29, 1.82) is 0 Å². The number of esters is 1. The zero-order chi connectivity index (χ0) is 36.9. The van der Waals surface area contributed by atoms with Gasteiger partial charge < -0.3 is 29.3 Å². The van der Waals surface area contributed by atoms with Crippen LogP contribution in [0.5, 0.6) is 0 Å². The molecular weight excluding hydrogens is 644 g/mol. The number of likely N-dealkylation sites (tertiary alicyclic amines) is 2. The van der Waals surface area contributed by atoms with Crippen molar-refractivity contribution in [2.24, 2.45) is 29.1 Å². The normalized spacial score (nSPS) is 36.5. The third kappa shape index (κ3) is 10.5. The molecule has 288 valence electrons. The highest BCUT2D eigenvalue weighted by molar-refractivity contribution is 5.70. The molecule has 0 aromatic rings. The number of rotatable bonds is 10. The summed E-state index contributed by atoms with van der Waals surface area (Å²) in [6.45, 7) is 17.5. The SMILES string of the molecule is CC[C@H](O)[C@@H](C)[C@H]1O[C@@H]1C[C@H](C)/C=C/C=C(\C)[C@H]1OC(=O)C[C@H](C)CC[C@@](C)(O)[C@@H](OC(=O)N2CC3(C2)CN(C2CCCCCC2)C3)/C=C/[C@@H]1C. The van der Waals surface area contributed by atoms with E-state index in [4.69, 9.17) is 14.2 Å². The van der Waals surface area contributed by atoms with Crippen LogP contribution in [0.2, 0.25) is 0 Å². The second kappa shape index (κ2) is 17.3. The number of hydrogen-bond acceptors (Lipinski definition) is 8. The lowest BCUT2D eigenvalue weighted by atomic mass is 9.72. The number of carbonyl (C=O) groups is 2. The van der Waals surface area contributed by atoms with Crippen LogP contribution in [0.15, 0.2) is 36.0 Å². The minimum Gasteiger partial charge on any atom is -0.457 e. The largest absolute Gasteiger partial charge is 0.457 e. The summed E-state index contributed by atoms with van der Waals surface area (Å²) in [5, 5.41) is 21.8. The van der Waals surface area contributed by atoms with Gasteiger partial charge in [0.1, 0.15) is 11.7 Å². The first-order chi connectivity index (χ1) is 24.2. The molecule has 1 saturated carbocycles. The highest BCUT2D eigenvalue weighted by Gasteiger charge is 2.55. The van der Waals surface area contributed by atoms with Crippen molar-refractivity contribution in [2.45, 2.75) is 161 Å². The van der Waals surface area contributed by atoms with Gasteiger partial charge in [-0.3, -0.25) is 9.69 Å². The number of allylic oxidation sites excluding steroid dienone is 3. The number of aliphatic hydroxyl groups is 2. The molecular formula is C42H68N2O7. The van der Waals surface area contributed by atoms with Crippen molar-refractivity contribution < 1.29 is 34.0 Å². The lowest BCUT2D eigenvalue weighted by Crippen LogP contribution is -2.74. The van der Waals surface area contributed by atoms with Gasteiger partial charge in [-0.2, -0.15) is 0 Å². The fourth-order valence-corrected chi connectivity index (χ4v) is 8.93. The van der Waals surface area contributed by atoms with E-state index in [-0.39, 0.29) is 65.9 Å². The number of cyclic esters (lactones) is 1. The number of ether oxygens (including phenoxy) is 3. The second-order valence-electron chi connectivity index (χ2n) is 17.6. The Morgan fingerprint density at radius 1 is 1.08 bits per heavy atom. The van der Waals surface area contributed by atoms with E-state index in [2.05, 4.69) is 24.8 Å². The Balaban J connectivity index is 1.19. The molecule has 0 radical (unpaired) electrons. The van der Waals surface area contributed by atoms with Crippen molar-refractivity contribution in [2.75, 3.05) is 26.2 Å². The van der Waals surface area contributed by atoms with Crippen LogP contribution in [-0.4, -0.2) is 100 Å². The van der Waals surface area contributed by atoms with Crippen LogP contribution in [0, 0.1) is 29.1 Å². The predicted molar refractivity (Wildman–Crippen MR) is 200 cm³/mol. The van der Waals surface area contributed by atoms with Crippen molar-refractivity contribution in [3.63, 3.8) is 0 Å². The Labute approximate surface area is 307 Å². The smallest absolute Gasteiger partial charge is 0.410 e. The average Bonchev–Trinajstić information content (AvgIpc) is 3.85. The summed E-state index contributed by atoms with van der Waals surface area (Å²) in [6.07, 6.45) is 19.0. The number of amides is 1. The van der Waals surface area contributed by atoms with Gasteiger partial charge in [0.25, 0.3) is 0 Å². The fraction of sp³-hybridized carbons (Fsp3) is 0.810. The first-order valence-corrected chi connectivity index (χ1v) is 20.2. The van der Waals surface area contributed by atoms with Gasteiger partial charge in [0.2, 0.25) is 0 Å². The van der Waals surface area contributed by atoms with E-state index in [1.165, 1.54) is 38.5 Å². The van der Waals surface area contributed by atoms with Gasteiger partial charge in [0.15, 0.2) is 6.10 Å². The Kier molecular flexibility index (Phi) is 13.6. The van der Waals surface area contributed by atoms with Crippen LogP contribution in [0.1, 0.15) is 119 Å². The van der Waals surface area contributed by atoms with E-state index in [0.717, 1.165) is 31.5 Å². The van der Waals surface area contributed by atoms with E-state index in [1.807, 2.05) is 45.9 Å². The van der Waals surface area contributed by atoms with Gasteiger partial charge in [0, 0.05) is 55.9 Å². The summed E-state index contributed by atoms with van der Waals surface area (Å²) >= 11 is 0. The number of aliphatic hydroxyl groups excluding tert-OH is 1. The van der Waals surface area contributed by atoms with Gasteiger partial charge in [-0.05, 0) is 75.9 Å². The van der Waals surface area contributed by atoms with Crippen molar-refractivity contribution in [3.05, 3.63) is 36.0 Å². The summed E-state index contributed by atoms with van der Waals surface area (Å²) in [7, 11) is 0. The standard InChI is InChI=1S/C42H68N2O7/c1-8-34(45)32(6)39-35(49-39)22-28(2)14-13-15-30(4)38-31(5)18-19-36(41(7,48)21-20-29(3)23-37(46)51-38)50-40(47)44-26-42(27-44)24-43(25-42)33-16-11-9-10-12-17-33/h13-15,18-19,28-29,31-36,38-39,45,48H,8-12,16-17,20-27H2,1-7H3/b14-13+,19-18+,30-15+/t28-,29-,31+,32-,34+,35-,36+,38-,39-,41-/m1/s1. The summed E-state index contributed by atoms with van der Waals surface area (Å²) in [5.74, 6) is -0.0377. The molecule has 0 aromatic heterocycles. The molecule has 1 aliphatic carbocycles. The molecule has 0 aromatic carbocycles. The summed E-state index contributed by atoms with van der Waals surface area (Å²) in [6, 6.07) is 0.701. The number of carbonyl (C=O) groups excluding carboxylic acids is 2. The molecule has 0 bridgehead atoms. The highest BCUT2D eigenvalue weighted by Crippen LogP contribution is 2.43. The zero-order valence-electron chi connectivity index (χ0n) is 32.6. The second-order valence-corrected chi connectivity index (χ2v) is 17.6. The molecule has 51 heavy (non-hydrogen) atoms. The van der Waals surface area contributed by atoms with E-state index >= 15 is 0 Å². The fourth-order valence-electron chi connectivity index (χ4n) is 8.93. The lowest BCUT2D eigenvalue weighted by molar-refractivity contribution is -0.150. The number of nitrogens with zero attached hydrogens (tertiary/aromatic N) is 2. The third-order valence-electron chi connectivity index (χ3n) is 12.6. The Morgan fingerprint density at radius 3 is 2.43 bits per heavy atom. The molecule has 9 nitrogen and oxygen atoms in total. The summed E-state index contributed by atoms with van der Waals surface area (Å²) in [5.41, 5.74) is -0.175. The maximum atomic E-state index is 13.5. The Bertz CT molecular complexity index is 1260. The quantitative estimate of drug-likeness (QED) is 0.0804. The van der Waals surface area contributed by atoms with E-state index < -0.39 is 17.8 Å². The number of hydrogen-bond donors (Lipinski definition) is 2. The molecule has 10 atom stereocenters. The molecule has 1 amide bonds.